The van der Waals surface area contributed by atoms with E-state index in [9.17, 15) is 20.0 Å². The number of carbonyl (C=O) groups is 1. The summed E-state index contributed by atoms with van der Waals surface area (Å²) in [6.45, 7) is 6.43. The number of ketones is 1. The lowest BCUT2D eigenvalue weighted by atomic mass is 9.67. The Kier molecular flexibility index (Phi) is 4.66. The Hall–Kier alpha value is -1.75. The first-order valence-corrected chi connectivity index (χ1v) is 7.65. The van der Waals surface area contributed by atoms with Gasteiger partial charge in [-0.05, 0) is 29.7 Å². The predicted octanol–water partition coefficient (Wildman–Crippen LogP) is 3.66. The molecule has 0 amide bonds. The molecule has 1 aromatic rings. The zero-order chi connectivity index (χ0) is 16.5. The summed E-state index contributed by atoms with van der Waals surface area (Å²) in [4.78, 5) is 22.6. The van der Waals surface area contributed by atoms with Crippen molar-refractivity contribution in [3.63, 3.8) is 0 Å². The maximum absolute atomic E-state index is 12.2. The minimum atomic E-state index is -0.974. The van der Waals surface area contributed by atoms with Crippen molar-refractivity contribution < 1.29 is 14.8 Å². The Morgan fingerprint density at radius 3 is 2.64 bits per heavy atom. The number of aliphatic hydroxyl groups is 1. The molecule has 0 heterocycles. The van der Waals surface area contributed by atoms with E-state index in [4.69, 9.17) is 0 Å². The molecule has 1 fully saturated rings. The van der Waals surface area contributed by atoms with E-state index in [1.54, 1.807) is 12.1 Å². The highest BCUT2D eigenvalue weighted by Crippen LogP contribution is 2.43. The number of hydrogen-bond donors (Lipinski definition) is 1. The predicted molar refractivity (Wildman–Crippen MR) is 83.3 cm³/mol. The molecule has 1 saturated carbocycles. The van der Waals surface area contributed by atoms with Crippen LogP contribution >= 0.6 is 0 Å². The van der Waals surface area contributed by atoms with Crippen LogP contribution in [-0.2, 0) is 4.79 Å². The monoisotopic (exact) mass is 305 g/mol. The fraction of sp³-hybridized carbons (Fsp3) is 0.588. The zero-order valence-corrected chi connectivity index (χ0v) is 13.3. The van der Waals surface area contributed by atoms with E-state index in [2.05, 4.69) is 20.8 Å². The summed E-state index contributed by atoms with van der Waals surface area (Å²) < 4.78 is 0. The summed E-state index contributed by atoms with van der Waals surface area (Å²) >= 11 is 0. The molecular formula is C17H23NO4. The van der Waals surface area contributed by atoms with Crippen molar-refractivity contribution in [3.05, 3.63) is 39.9 Å². The van der Waals surface area contributed by atoms with Crippen LogP contribution in [0.5, 0.6) is 0 Å². The molecule has 0 unspecified atom stereocenters. The molecule has 5 heteroatoms. The van der Waals surface area contributed by atoms with E-state index in [1.165, 1.54) is 12.1 Å². The molecular weight excluding hydrogens is 282 g/mol. The number of nitro benzene ring substituents is 1. The lowest BCUT2D eigenvalue weighted by molar-refractivity contribution is -0.385. The van der Waals surface area contributed by atoms with Crippen molar-refractivity contribution >= 4 is 11.5 Å². The van der Waals surface area contributed by atoms with E-state index in [1.807, 2.05) is 0 Å². The number of non-ortho nitro benzene ring substituents is 1. The Morgan fingerprint density at radius 2 is 2.05 bits per heavy atom. The Morgan fingerprint density at radius 1 is 1.36 bits per heavy atom. The molecule has 1 aliphatic carbocycles. The molecule has 0 spiro atoms. The number of Topliss-reactive ketones (excluding diaryl/α,β-unsaturated/α-hetero) is 1. The molecule has 3 atom stereocenters. The first kappa shape index (κ1) is 16.6. The van der Waals surface area contributed by atoms with Crippen molar-refractivity contribution in [1.82, 2.24) is 0 Å². The second kappa shape index (κ2) is 6.16. The Bertz CT molecular complexity index is 576. The average molecular weight is 305 g/mol. The van der Waals surface area contributed by atoms with Gasteiger partial charge in [-0.3, -0.25) is 14.9 Å². The van der Waals surface area contributed by atoms with Gasteiger partial charge in [0.15, 0.2) is 0 Å². The van der Waals surface area contributed by atoms with E-state index in [-0.39, 0.29) is 16.9 Å². The van der Waals surface area contributed by atoms with Gasteiger partial charge >= 0.3 is 0 Å². The molecule has 0 saturated heterocycles. The van der Waals surface area contributed by atoms with E-state index in [0.717, 1.165) is 6.42 Å². The average Bonchev–Trinajstić information content (AvgIpc) is 2.46. The normalized spacial score (nSPS) is 24.1. The maximum atomic E-state index is 12.2. The molecule has 1 aromatic carbocycles. The largest absolute Gasteiger partial charge is 0.388 e. The number of carbonyl (C=O) groups excluding carboxylic acids is 1. The van der Waals surface area contributed by atoms with Gasteiger partial charge in [-0.15, -0.1) is 0 Å². The molecule has 5 nitrogen and oxygen atoms in total. The lowest BCUT2D eigenvalue weighted by Gasteiger charge is -2.38. The van der Waals surface area contributed by atoms with Gasteiger partial charge in [0, 0.05) is 24.5 Å². The molecule has 22 heavy (non-hydrogen) atoms. The van der Waals surface area contributed by atoms with Crippen molar-refractivity contribution in [2.45, 2.75) is 46.1 Å². The van der Waals surface area contributed by atoms with Gasteiger partial charge < -0.3 is 5.11 Å². The molecule has 0 radical (unpaired) electrons. The van der Waals surface area contributed by atoms with Gasteiger partial charge in [0.05, 0.1) is 11.0 Å². The van der Waals surface area contributed by atoms with Crippen LogP contribution in [0.4, 0.5) is 5.69 Å². The van der Waals surface area contributed by atoms with Gasteiger partial charge in [0.25, 0.3) is 5.69 Å². The SMILES string of the molecule is CC(C)(C)[C@H]1CCC(=O)[C@H]([C@@H](O)c2cccc([N+](=O)[O-])c2)C1. The standard InChI is InChI=1S/C17H23NO4/c1-17(2,3)12-7-8-15(19)14(10-12)16(20)11-5-4-6-13(9-11)18(21)22/h4-6,9,12,14,16,20H,7-8,10H2,1-3H3/t12-,14+,16-/m0/s1. The maximum Gasteiger partial charge on any atom is 0.269 e. The highest BCUT2D eigenvalue weighted by molar-refractivity contribution is 5.82. The van der Waals surface area contributed by atoms with Crippen LogP contribution in [0.15, 0.2) is 24.3 Å². The molecule has 1 aliphatic rings. The van der Waals surface area contributed by atoms with Crippen molar-refractivity contribution in [1.29, 1.82) is 0 Å². The van der Waals surface area contributed by atoms with Crippen LogP contribution in [0.1, 0.15) is 51.7 Å². The topological polar surface area (TPSA) is 80.4 Å². The fourth-order valence-electron chi connectivity index (χ4n) is 3.20. The molecule has 0 bridgehead atoms. The number of hydrogen-bond acceptors (Lipinski definition) is 4. The second-order valence-electron chi connectivity index (χ2n) is 7.21. The Balaban J connectivity index is 2.23. The van der Waals surface area contributed by atoms with Crippen molar-refractivity contribution in [3.8, 4) is 0 Å². The number of aliphatic hydroxyl groups excluding tert-OH is 1. The van der Waals surface area contributed by atoms with Crippen molar-refractivity contribution in [2.24, 2.45) is 17.3 Å². The third-order valence-corrected chi connectivity index (χ3v) is 4.72. The zero-order valence-electron chi connectivity index (χ0n) is 13.3. The highest BCUT2D eigenvalue weighted by atomic mass is 16.6. The quantitative estimate of drug-likeness (QED) is 0.682. The van der Waals surface area contributed by atoms with Crippen LogP contribution in [0.3, 0.4) is 0 Å². The third kappa shape index (κ3) is 3.53. The van der Waals surface area contributed by atoms with Gasteiger partial charge in [0.1, 0.15) is 5.78 Å². The first-order valence-electron chi connectivity index (χ1n) is 7.65. The third-order valence-electron chi connectivity index (χ3n) is 4.72. The van der Waals surface area contributed by atoms with E-state index >= 15 is 0 Å². The molecule has 0 aromatic heterocycles. The van der Waals surface area contributed by atoms with Gasteiger partial charge in [-0.2, -0.15) is 0 Å². The van der Waals surface area contributed by atoms with Crippen molar-refractivity contribution in [2.75, 3.05) is 0 Å². The van der Waals surface area contributed by atoms with Gasteiger partial charge in [-0.1, -0.05) is 32.9 Å². The molecule has 120 valence electrons. The molecule has 1 N–H and O–H groups in total. The number of nitro groups is 1. The minimum Gasteiger partial charge on any atom is -0.388 e. The Labute approximate surface area is 130 Å². The number of benzene rings is 1. The second-order valence-corrected chi connectivity index (χ2v) is 7.21. The smallest absolute Gasteiger partial charge is 0.269 e. The van der Waals surface area contributed by atoms with Gasteiger partial charge in [-0.25, -0.2) is 0 Å². The number of rotatable bonds is 3. The summed E-state index contributed by atoms with van der Waals surface area (Å²) in [5.74, 6) is -0.0527. The lowest BCUT2D eigenvalue weighted by Crippen LogP contribution is -2.35. The first-order chi connectivity index (χ1) is 10.2. The van der Waals surface area contributed by atoms with Gasteiger partial charge in [0.2, 0.25) is 0 Å². The van der Waals surface area contributed by atoms with Crippen LogP contribution < -0.4 is 0 Å². The molecule has 2 rings (SSSR count). The number of nitrogens with zero attached hydrogens (tertiary/aromatic N) is 1. The summed E-state index contributed by atoms with van der Waals surface area (Å²) in [5.41, 5.74) is 0.468. The van der Waals surface area contributed by atoms with Crippen LogP contribution in [0, 0.1) is 27.4 Å². The van der Waals surface area contributed by atoms with Crippen LogP contribution in [-0.4, -0.2) is 15.8 Å². The van der Waals surface area contributed by atoms with Crippen LogP contribution in [0.2, 0.25) is 0 Å². The molecule has 0 aliphatic heterocycles. The summed E-state index contributed by atoms with van der Waals surface area (Å²) in [5, 5.41) is 21.4. The highest BCUT2D eigenvalue weighted by Gasteiger charge is 2.38. The minimum absolute atomic E-state index is 0.0551. The van der Waals surface area contributed by atoms with Crippen LogP contribution in [0.25, 0.3) is 0 Å². The van der Waals surface area contributed by atoms with E-state index in [0.29, 0.717) is 24.3 Å². The summed E-state index contributed by atoms with van der Waals surface area (Å²) in [6.07, 6.45) is 0.975. The fourth-order valence-corrected chi connectivity index (χ4v) is 3.20. The van der Waals surface area contributed by atoms with E-state index < -0.39 is 16.9 Å². The summed E-state index contributed by atoms with van der Waals surface area (Å²) in [6, 6.07) is 5.94. The summed E-state index contributed by atoms with van der Waals surface area (Å²) in [7, 11) is 0.